The number of aryl methyl sites for hydroxylation is 1. The Kier molecular flexibility index (Phi) is 5.29. The topological polar surface area (TPSA) is 111 Å². The van der Waals surface area contributed by atoms with Crippen molar-refractivity contribution in [1.29, 1.82) is 0 Å². The van der Waals surface area contributed by atoms with E-state index in [1.807, 2.05) is 0 Å². The van der Waals surface area contributed by atoms with Crippen molar-refractivity contribution in [1.82, 2.24) is 15.3 Å². The number of aromatic nitrogens is 2. The van der Waals surface area contributed by atoms with Crippen molar-refractivity contribution in [2.75, 3.05) is 34.4 Å². The van der Waals surface area contributed by atoms with Crippen molar-refractivity contribution in [3.63, 3.8) is 0 Å². The molecule has 164 valence electrons. The molecule has 0 atom stereocenters. The molecule has 0 bridgehead atoms. The van der Waals surface area contributed by atoms with Gasteiger partial charge in [0, 0.05) is 37.0 Å². The number of nitrogens with zero attached hydrogens (tertiary/aromatic N) is 3. The van der Waals surface area contributed by atoms with Crippen LogP contribution in [0.3, 0.4) is 0 Å². The van der Waals surface area contributed by atoms with E-state index in [0.717, 1.165) is 0 Å². The molecule has 31 heavy (non-hydrogen) atoms. The lowest BCUT2D eigenvalue weighted by atomic mass is 9.87. The number of carbonyl (C=O) groups is 2. The fourth-order valence-electron chi connectivity index (χ4n) is 3.53. The van der Waals surface area contributed by atoms with Crippen LogP contribution in [-0.2, 0) is 4.79 Å². The number of carbonyl (C=O) groups excluding carboxylic acids is 2. The maximum absolute atomic E-state index is 13.2. The number of amides is 3. The zero-order chi connectivity index (χ0) is 22.3. The summed E-state index contributed by atoms with van der Waals surface area (Å²) < 4.78 is 39.5. The van der Waals surface area contributed by atoms with E-state index in [0.29, 0.717) is 48.1 Å². The average molecular weight is 435 g/mol. The first kappa shape index (κ1) is 20.7. The molecular formula is C19H20F3N7O2. The van der Waals surface area contributed by atoms with Crippen molar-refractivity contribution in [2.45, 2.75) is 31.8 Å². The maximum Gasteiger partial charge on any atom is 0.319 e. The summed E-state index contributed by atoms with van der Waals surface area (Å²) >= 11 is 0. The van der Waals surface area contributed by atoms with Gasteiger partial charge in [0.2, 0.25) is 11.9 Å². The highest BCUT2D eigenvalue weighted by Crippen LogP contribution is 2.31. The third-order valence-corrected chi connectivity index (χ3v) is 5.13. The number of likely N-dealkylation sites (N-methyl/N-ethyl adjacent to an activating group) is 1. The summed E-state index contributed by atoms with van der Waals surface area (Å²) in [7, 11) is 1.77. The van der Waals surface area contributed by atoms with Crippen molar-refractivity contribution < 1.29 is 22.8 Å². The lowest BCUT2D eigenvalue weighted by Crippen LogP contribution is -2.51. The Morgan fingerprint density at radius 3 is 2.52 bits per heavy atom. The minimum atomic E-state index is -1.59. The number of halogens is 3. The molecule has 1 aliphatic heterocycles. The van der Waals surface area contributed by atoms with Crippen LogP contribution in [0.5, 0.6) is 0 Å². The normalized spacial score (nSPS) is 19.8. The van der Waals surface area contributed by atoms with Gasteiger partial charge in [-0.1, -0.05) is 0 Å². The van der Waals surface area contributed by atoms with Gasteiger partial charge in [-0.15, -0.1) is 0 Å². The van der Waals surface area contributed by atoms with E-state index >= 15 is 0 Å². The van der Waals surface area contributed by atoms with Gasteiger partial charge in [-0.3, -0.25) is 4.79 Å². The van der Waals surface area contributed by atoms with E-state index in [9.17, 15) is 22.8 Å². The number of hydrogen-bond acceptors (Lipinski definition) is 6. The van der Waals surface area contributed by atoms with Crippen molar-refractivity contribution in [2.24, 2.45) is 0 Å². The summed E-state index contributed by atoms with van der Waals surface area (Å²) in [5.41, 5.74) is 1.04. The highest BCUT2D eigenvalue weighted by molar-refractivity contribution is 6.00. The van der Waals surface area contributed by atoms with Crippen molar-refractivity contribution >= 4 is 35.1 Å². The van der Waals surface area contributed by atoms with Crippen LogP contribution in [0.25, 0.3) is 0 Å². The van der Waals surface area contributed by atoms with Crippen LogP contribution in [0.2, 0.25) is 0 Å². The molecule has 9 nitrogen and oxygen atoms in total. The molecular weight excluding hydrogens is 415 g/mol. The van der Waals surface area contributed by atoms with E-state index in [-0.39, 0.29) is 30.2 Å². The highest BCUT2D eigenvalue weighted by Gasteiger charge is 2.32. The number of urea groups is 1. The highest BCUT2D eigenvalue weighted by atomic mass is 19.2. The molecule has 3 amide bonds. The monoisotopic (exact) mass is 435 g/mol. The third kappa shape index (κ3) is 4.32. The minimum absolute atomic E-state index is 0.0203. The Labute approximate surface area is 175 Å². The Morgan fingerprint density at radius 1 is 1.16 bits per heavy atom. The molecule has 2 aliphatic rings. The number of fused-ring (bicyclic) bond motifs is 1. The fraction of sp³-hybridized carbons (Fsp3) is 0.368. The van der Waals surface area contributed by atoms with Crippen LogP contribution in [0.1, 0.15) is 18.5 Å². The molecule has 0 unspecified atom stereocenters. The second-order valence-corrected chi connectivity index (χ2v) is 7.60. The Hall–Kier alpha value is -3.57. The number of nitrogens with one attached hydrogen (secondary N) is 4. The fourth-order valence-corrected chi connectivity index (χ4v) is 3.53. The molecule has 2 aromatic rings. The SMILES string of the molecule is Cc1nc(NC2CC(NC(=O)Nc3cc(F)c(F)c(F)c3)C2)nc2c1NC(=O)CN2C. The van der Waals surface area contributed by atoms with Crippen LogP contribution < -0.4 is 26.2 Å². The van der Waals surface area contributed by atoms with Gasteiger partial charge in [-0.25, -0.2) is 22.9 Å². The summed E-state index contributed by atoms with van der Waals surface area (Å²) in [6.07, 6.45) is 1.18. The summed E-state index contributed by atoms with van der Waals surface area (Å²) in [6.45, 7) is 1.98. The zero-order valence-corrected chi connectivity index (χ0v) is 16.7. The molecule has 12 heteroatoms. The van der Waals surface area contributed by atoms with Crippen LogP contribution in [0.4, 0.5) is 41.1 Å². The number of anilines is 4. The van der Waals surface area contributed by atoms with E-state index in [2.05, 4.69) is 31.2 Å². The summed E-state index contributed by atoms with van der Waals surface area (Å²) in [4.78, 5) is 34.3. The van der Waals surface area contributed by atoms with E-state index in [1.165, 1.54) is 0 Å². The second-order valence-electron chi connectivity index (χ2n) is 7.60. The largest absolute Gasteiger partial charge is 0.351 e. The predicted molar refractivity (Wildman–Crippen MR) is 108 cm³/mol. The molecule has 0 radical (unpaired) electrons. The van der Waals surface area contributed by atoms with E-state index in [1.54, 1.807) is 18.9 Å². The molecule has 1 aromatic carbocycles. The third-order valence-electron chi connectivity index (χ3n) is 5.13. The number of hydrogen-bond donors (Lipinski definition) is 4. The van der Waals surface area contributed by atoms with Crippen molar-refractivity contribution in [3.8, 4) is 0 Å². The van der Waals surface area contributed by atoms with Crippen molar-refractivity contribution in [3.05, 3.63) is 35.3 Å². The molecule has 1 fully saturated rings. The molecule has 1 aliphatic carbocycles. The predicted octanol–water partition coefficient (Wildman–Crippen LogP) is 2.36. The molecule has 2 heterocycles. The second kappa shape index (κ2) is 7.93. The Bertz CT molecular complexity index is 1040. The standard InChI is InChI=1S/C19H20F3N7O2/c1-8-16-17(29(2)7-14(30)27-16)28-18(23-8)24-9-3-10(4-9)25-19(31)26-11-5-12(20)15(22)13(21)6-11/h5-6,9-10H,3-4,7H2,1-2H3,(H,27,30)(H,23,24,28)(H2,25,26,31). The quantitative estimate of drug-likeness (QED) is 0.549. The van der Waals surface area contributed by atoms with Gasteiger partial charge in [0.1, 0.15) is 5.69 Å². The molecule has 1 aromatic heterocycles. The molecule has 1 saturated carbocycles. The van der Waals surface area contributed by atoms with Crippen LogP contribution in [-0.4, -0.2) is 47.6 Å². The number of benzene rings is 1. The van der Waals surface area contributed by atoms with Gasteiger partial charge in [0.25, 0.3) is 0 Å². The summed E-state index contributed by atoms with van der Waals surface area (Å²) in [5, 5.41) is 10.9. The zero-order valence-electron chi connectivity index (χ0n) is 16.7. The van der Waals surface area contributed by atoms with E-state index < -0.39 is 23.5 Å². The number of rotatable bonds is 4. The maximum atomic E-state index is 13.2. The van der Waals surface area contributed by atoms with Gasteiger partial charge in [-0.2, -0.15) is 4.98 Å². The molecule has 0 spiro atoms. The van der Waals surface area contributed by atoms with Gasteiger partial charge in [0.15, 0.2) is 23.3 Å². The Morgan fingerprint density at radius 2 is 1.84 bits per heavy atom. The first-order chi connectivity index (χ1) is 14.7. The van der Waals surface area contributed by atoms with Gasteiger partial charge >= 0.3 is 6.03 Å². The first-order valence-electron chi connectivity index (χ1n) is 9.58. The smallest absolute Gasteiger partial charge is 0.319 e. The summed E-state index contributed by atoms with van der Waals surface area (Å²) in [6, 6.07) is 0.629. The van der Waals surface area contributed by atoms with Crippen LogP contribution in [0, 0.1) is 24.4 Å². The first-order valence-corrected chi connectivity index (χ1v) is 9.58. The lowest BCUT2D eigenvalue weighted by Gasteiger charge is -2.36. The van der Waals surface area contributed by atoms with Gasteiger partial charge in [0.05, 0.1) is 12.2 Å². The van der Waals surface area contributed by atoms with E-state index in [4.69, 9.17) is 0 Å². The molecule has 4 N–H and O–H groups in total. The minimum Gasteiger partial charge on any atom is -0.351 e. The molecule has 4 rings (SSSR count). The Balaban J connectivity index is 1.30. The summed E-state index contributed by atoms with van der Waals surface area (Å²) in [5.74, 6) is -3.43. The van der Waals surface area contributed by atoms with Gasteiger partial charge < -0.3 is 26.2 Å². The van der Waals surface area contributed by atoms with Crippen LogP contribution >= 0.6 is 0 Å². The van der Waals surface area contributed by atoms with Gasteiger partial charge in [-0.05, 0) is 19.8 Å². The van der Waals surface area contributed by atoms with Crippen LogP contribution in [0.15, 0.2) is 12.1 Å². The lowest BCUT2D eigenvalue weighted by molar-refractivity contribution is -0.115. The average Bonchev–Trinajstić information content (AvgIpc) is 2.65. The molecule has 0 saturated heterocycles.